The minimum Gasteiger partial charge on any atom is -0.322 e. The number of benzene rings is 2. The van der Waals surface area contributed by atoms with Crippen LogP contribution in [0.1, 0.15) is 10.4 Å². The minimum absolute atomic E-state index is 0.129. The van der Waals surface area contributed by atoms with Crippen molar-refractivity contribution < 1.29 is 4.79 Å². The molecule has 1 amide bonds. The monoisotopic (exact) mass is 479 g/mol. The quantitative estimate of drug-likeness (QED) is 0.597. The van der Waals surface area contributed by atoms with E-state index in [-0.39, 0.29) is 5.91 Å². The van der Waals surface area contributed by atoms with Gasteiger partial charge in [-0.1, -0.05) is 12.1 Å². The normalized spacial score (nSPS) is 10.2. The van der Waals surface area contributed by atoms with Gasteiger partial charge in [-0.15, -0.1) is 0 Å². The van der Waals surface area contributed by atoms with E-state index in [1.54, 1.807) is 6.07 Å². The standard InChI is InChI=1S/C13H8Br2INO/c14-10-4-2-1-3-9(10)13(18)17-8-5-6-12(16)11(15)7-8/h1-7H,(H,17,18). The van der Waals surface area contributed by atoms with E-state index < -0.39 is 0 Å². The summed E-state index contributed by atoms with van der Waals surface area (Å²) in [6.07, 6.45) is 0. The Balaban J connectivity index is 2.22. The number of hydrogen-bond acceptors (Lipinski definition) is 1. The number of rotatable bonds is 2. The summed E-state index contributed by atoms with van der Waals surface area (Å²) in [5.74, 6) is -0.129. The molecule has 0 atom stereocenters. The van der Waals surface area contributed by atoms with Crippen LogP contribution < -0.4 is 5.32 Å². The van der Waals surface area contributed by atoms with Gasteiger partial charge in [-0.25, -0.2) is 0 Å². The van der Waals surface area contributed by atoms with E-state index in [1.807, 2.05) is 36.4 Å². The van der Waals surface area contributed by atoms with Crippen molar-refractivity contribution in [1.29, 1.82) is 0 Å². The molecule has 1 N–H and O–H groups in total. The van der Waals surface area contributed by atoms with Gasteiger partial charge in [-0.2, -0.15) is 0 Å². The Morgan fingerprint density at radius 3 is 2.44 bits per heavy atom. The van der Waals surface area contributed by atoms with Crippen LogP contribution in [0.3, 0.4) is 0 Å². The lowest BCUT2D eigenvalue weighted by molar-refractivity contribution is 0.102. The van der Waals surface area contributed by atoms with Gasteiger partial charge in [0.25, 0.3) is 5.91 Å². The molecule has 0 aromatic heterocycles. The number of anilines is 1. The first kappa shape index (κ1) is 14.0. The summed E-state index contributed by atoms with van der Waals surface area (Å²) in [6.45, 7) is 0. The van der Waals surface area contributed by atoms with Gasteiger partial charge in [0.15, 0.2) is 0 Å². The molecule has 2 nitrogen and oxygen atoms in total. The first-order valence-electron chi connectivity index (χ1n) is 5.09. The highest BCUT2D eigenvalue weighted by atomic mass is 127. The first-order valence-corrected chi connectivity index (χ1v) is 7.75. The average molecular weight is 481 g/mol. The van der Waals surface area contributed by atoms with Crippen LogP contribution in [0.5, 0.6) is 0 Å². The van der Waals surface area contributed by atoms with E-state index in [9.17, 15) is 4.79 Å². The fourth-order valence-corrected chi connectivity index (χ4v) is 2.60. The summed E-state index contributed by atoms with van der Waals surface area (Å²) >= 11 is 9.03. The van der Waals surface area contributed by atoms with Gasteiger partial charge in [0.05, 0.1) is 5.56 Å². The molecule has 2 aromatic rings. The molecule has 0 heterocycles. The SMILES string of the molecule is O=C(Nc1ccc(I)c(Br)c1)c1ccccc1Br. The topological polar surface area (TPSA) is 29.1 Å². The van der Waals surface area contributed by atoms with Crippen molar-refractivity contribution in [3.63, 3.8) is 0 Å². The Morgan fingerprint density at radius 1 is 1.06 bits per heavy atom. The van der Waals surface area contributed by atoms with Crippen molar-refractivity contribution in [1.82, 2.24) is 0 Å². The Bertz CT molecular complexity index is 601. The molecule has 0 saturated carbocycles. The van der Waals surface area contributed by atoms with Gasteiger partial charge in [-0.3, -0.25) is 4.79 Å². The number of hydrogen-bond donors (Lipinski definition) is 1. The summed E-state index contributed by atoms with van der Waals surface area (Å²) in [7, 11) is 0. The predicted octanol–water partition coefficient (Wildman–Crippen LogP) is 5.07. The maximum absolute atomic E-state index is 12.1. The zero-order valence-corrected chi connectivity index (χ0v) is 14.4. The predicted molar refractivity (Wildman–Crippen MR) is 89.0 cm³/mol. The smallest absolute Gasteiger partial charge is 0.256 e. The van der Waals surface area contributed by atoms with E-state index in [2.05, 4.69) is 59.8 Å². The third-order valence-electron chi connectivity index (χ3n) is 2.30. The Hall–Kier alpha value is -0.400. The summed E-state index contributed by atoms with van der Waals surface area (Å²) in [4.78, 5) is 12.1. The van der Waals surface area contributed by atoms with E-state index in [1.165, 1.54) is 0 Å². The molecule has 0 bridgehead atoms. The molecular weight excluding hydrogens is 473 g/mol. The molecule has 18 heavy (non-hydrogen) atoms. The molecular formula is C13H8Br2INO. The third-order valence-corrected chi connectivity index (χ3v) is 5.33. The van der Waals surface area contributed by atoms with Crippen LogP contribution in [0.2, 0.25) is 0 Å². The molecule has 5 heteroatoms. The van der Waals surface area contributed by atoms with Crippen LogP contribution in [0.15, 0.2) is 51.4 Å². The largest absolute Gasteiger partial charge is 0.322 e. The third kappa shape index (κ3) is 3.33. The summed E-state index contributed by atoms with van der Waals surface area (Å²) in [6, 6.07) is 13.0. The molecule has 0 unspecified atom stereocenters. The van der Waals surface area contributed by atoms with Crippen molar-refractivity contribution in [3.8, 4) is 0 Å². The van der Waals surface area contributed by atoms with E-state index in [0.29, 0.717) is 5.56 Å². The summed E-state index contributed by atoms with van der Waals surface area (Å²) < 4.78 is 2.85. The van der Waals surface area contributed by atoms with Crippen LogP contribution in [-0.4, -0.2) is 5.91 Å². The highest BCUT2D eigenvalue weighted by Gasteiger charge is 2.09. The molecule has 2 aromatic carbocycles. The Labute approximate surface area is 136 Å². The molecule has 0 aliphatic carbocycles. The number of amides is 1. The number of carbonyl (C=O) groups excluding carboxylic acids is 1. The molecule has 0 radical (unpaired) electrons. The van der Waals surface area contributed by atoms with Gasteiger partial charge in [0, 0.05) is 18.2 Å². The minimum atomic E-state index is -0.129. The van der Waals surface area contributed by atoms with Gasteiger partial charge >= 0.3 is 0 Å². The summed E-state index contributed by atoms with van der Waals surface area (Å²) in [5, 5.41) is 2.86. The van der Waals surface area contributed by atoms with Gasteiger partial charge in [0.1, 0.15) is 0 Å². The molecule has 0 aliphatic heterocycles. The molecule has 0 fully saturated rings. The van der Waals surface area contributed by atoms with Crippen LogP contribution in [0, 0.1) is 3.57 Å². The second-order valence-electron chi connectivity index (χ2n) is 3.56. The van der Waals surface area contributed by atoms with Crippen molar-refractivity contribution in [2.45, 2.75) is 0 Å². The first-order chi connectivity index (χ1) is 8.58. The van der Waals surface area contributed by atoms with Crippen LogP contribution in [0.4, 0.5) is 5.69 Å². The summed E-state index contributed by atoms with van der Waals surface area (Å²) in [5.41, 5.74) is 1.38. The second kappa shape index (κ2) is 6.16. The van der Waals surface area contributed by atoms with E-state index in [0.717, 1.165) is 18.2 Å². The van der Waals surface area contributed by atoms with Gasteiger partial charge in [0.2, 0.25) is 0 Å². The molecule has 0 aliphatic rings. The zero-order chi connectivity index (χ0) is 13.1. The molecule has 92 valence electrons. The molecule has 0 saturated heterocycles. The maximum atomic E-state index is 12.1. The second-order valence-corrected chi connectivity index (χ2v) is 6.43. The average Bonchev–Trinajstić information content (AvgIpc) is 2.34. The lowest BCUT2D eigenvalue weighted by atomic mass is 10.2. The number of nitrogens with one attached hydrogen (secondary N) is 1. The van der Waals surface area contributed by atoms with Crippen molar-refractivity contribution in [2.24, 2.45) is 0 Å². The lowest BCUT2D eigenvalue weighted by Crippen LogP contribution is -2.12. The number of carbonyl (C=O) groups is 1. The fourth-order valence-electron chi connectivity index (χ4n) is 1.42. The van der Waals surface area contributed by atoms with Crippen molar-refractivity contribution in [3.05, 3.63) is 60.5 Å². The highest BCUT2D eigenvalue weighted by molar-refractivity contribution is 14.1. The van der Waals surface area contributed by atoms with E-state index in [4.69, 9.17) is 0 Å². The molecule has 2 rings (SSSR count). The van der Waals surface area contributed by atoms with Gasteiger partial charge < -0.3 is 5.32 Å². The fraction of sp³-hybridized carbons (Fsp3) is 0. The lowest BCUT2D eigenvalue weighted by Gasteiger charge is -2.07. The van der Waals surface area contributed by atoms with Crippen LogP contribution in [-0.2, 0) is 0 Å². The maximum Gasteiger partial charge on any atom is 0.256 e. The van der Waals surface area contributed by atoms with Gasteiger partial charge in [-0.05, 0) is 84.8 Å². The zero-order valence-electron chi connectivity index (χ0n) is 9.08. The molecule has 0 spiro atoms. The van der Waals surface area contributed by atoms with Crippen LogP contribution in [0.25, 0.3) is 0 Å². The number of halogens is 3. The Kier molecular flexibility index (Phi) is 4.80. The van der Waals surface area contributed by atoms with Crippen molar-refractivity contribution in [2.75, 3.05) is 5.32 Å². The Morgan fingerprint density at radius 2 is 1.78 bits per heavy atom. The van der Waals surface area contributed by atoms with Crippen molar-refractivity contribution >= 4 is 66.0 Å². The van der Waals surface area contributed by atoms with E-state index >= 15 is 0 Å². The van der Waals surface area contributed by atoms with Crippen LogP contribution >= 0.6 is 54.5 Å². The highest BCUT2D eigenvalue weighted by Crippen LogP contribution is 2.24.